The molecule has 1 N–H and O–H groups in total. The Morgan fingerprint density at radius 3 is 2.50 bits per heavy atom. The van der Waals surface area contributed by atoms with E-state index in [-0.39, 0.29) is 18.6 Å². The van der Waals surface area contributed by atoms with Gasteiger partial charge in [-0.3, -0.25) is 4.79 Å². The van der Waals surface area contributed by atoms with Crippen LogP contribution >= 0.6 is 0 Å². The molecule has 88 valence electrons. The van der Waals surface area contributed by atoms with Crippen LogP contribution in [-0.2, 0) is 9.53 Å². The number of benzene rings is 1. The number of methoxy groups -OCH3 is 1. The summed E-state index contributed by atoms with van der Waals surface area (Å²) in [5.74, 6) is -0.0741. The van der Waals surface area contributed by atoms with Gasteiger partial charge >= 0.3 is 0 Å². The lowest BCUT2D eigenvalue weighted by Crippen LogP contribution is -2.31. The number of aryl methyl sites for hydroxylation is 1. The number of nitrogens with one attached hydrogen (secondary N) is 1. The summed E-state index contributed by atoms with van der Waals surface area (Å²) in [6, 6.07) is 8.29. The maximum absolute atomic E-state index is 11.4. The van der Waals surface area contributed by atoms with Crippen LogP contribution in [0.15, 0.2) is 24.3 Å². The molecule has 0 aliphatic rings. The van der Waals surface area contributed by atoms with Crippen LogP contribution in [-0.4, -0.2) is 19.6 Å². The lowest BCUT2D eigenvalue weighted by atomic mass is 10.0. The number of hydrogen-bond donors (Lipinski definition) is 1. The van der Waals surface area contributed by atoms with Crippen LogP contribution in [0, 0.1) is 6.92 Å². The molecule has 0 saturated heterocycles. The van der Waals surface area contributed by atoms with Crippen molar-refractivity contribution in [1.82, 2.24) is 5.32 Å². The van der Waals surface area contributed by atoms with Crippen molar-refractivity contribution in [3.8, 4) is 0 Å². The lowest BCUT2D eigenvalue weighted by Gasteiger charge is -2.17. The van der Waals surface area contributed by atoms with Gasteiger partial charge in [0.2, 0.25) is 5.91 Å². The number of carbonyl (C=O) groups is 1. The zero-order chi connectivity index (χ0) is 12.0. The van der Waals surface area contributed by atoms with Crippen molar-refractivity contribution < 1.29 is 9.53 Å². The highest BCUT2D eigenvalue weighted by Crippen LogP contribution is 2.16. The number of hydrogen-bond acceptors (Lipinski definition) is 2. The molecule has 0 bridgehead atoms. The van der Waals surface area contributed by atoms with Crippen LogP contribution in [0.3, 0.4) is 0 Å². The number of carbonyl (C=O) groups excluding carboxylic acids is 1. The maximum Gasteiger partial charge on any atom is 0.246 e. The third-order valence-electron chi connectivity index (χ3n) is 2.50. The van der Waals surface area contributed by atoms with Crippen molar-refractivity contribution in [1.29, 1.82) is 0 Å². The average Bonchev–Trinajstić information content (AvgIpc) is 2.27. The summed E-state index contributed by atoms with van der Waals surface area (Å²) in [7, 11) is 1.52. The molecule has 1 aromatic rings. The first-order valence-electron chi connectivity index (χ1n) is 5.52. The monoisotopic (exact) mass is 221 g/mol. The largest absolute Gasteiger partial charge is 0.375 e. The fraction of sp³-hybridized carbons (Fsp3) is 0.462. The van der Waals surface area contributed by atoms with Crippen LogP contribution in [0.5, 0.6) is 0 Å². The van der Waals surface area contributed by atoms with Gasteiger partial charge in [0, 0.05) is 7.11 Å². The van der Waals surface area contributed by atoms with Gasteiger partial charge in [0.05, 0.1) is 6.04 Å². The Bertz CT molecular complexity index is 332. The summed E-state index contributed by atoms with van der Waals surface area (Å²) in [4.78, 5) is 11.4. The van der Waals surface area contributed by atoms with Gasteiger partial charge in [0.1, 0.15) is 6.61 Å². The van der Waals surface area contributed by atoms with Crippen molar-refractivity contribution in [3.05, 3.63) is 35.4 Å². The third-order valence-corrected chi connectivity index (χ3v) is 2.50. The summed E-state index contributed by atoms with van der Waals surface area (Å²) in [6.45, 7) is 4.22. The molecule has 1 amide bonds. The SMILES string of the molecule is CC[C@@H](NC(=O)COC)c1ccc(C)cc1. The van der Waals surface area contributed by atoms with Gasteiger partial charge in [-0.15, -0.1) is 0 Å². The molecule has 0 spiro atoms. The third kappa shape index (κ3) is 3.66. The zero-order valence-electron chi connectivity index (χ0n) is 10.1. The Hall–Kier alpha value is -1.35. The van der Waals surface area contributed by atoms with E-state index >= 15 is 0 Å². The van der Waals surface area contributed by atoms with Crippen molar-refractivity contribution in [2.45, 2.75) is 26.3 Å². The van der Waals surface area contributed by atoms with Crippen LogP contribution in [0.1, 0.15) is 30.5 Å². The Labute approximate surface area is 96.8 Å². The summed E-state index contributed by atoms with van der Waals surface area (Å²) in [5, 5.41) is 2.94. The molecule has 0 aromatic heterocycles. The van der Waals surface area contributed by atoms with E-state index in [0.717, 1.165) is 12.0 Å². The summed E-state index contributed by atoms with van der Waals surface area (Å²) in [6.07, 6.45) is 0.874. The fourth-order valence-electron chi connectivity index (χ4n) is 1.59. The molecule has 3 heteroatoms. The van der Waals surface area contributed by atoms with Gasteiger partial charge in [-0.1, -0.05) is 36.8 Å². The summed E-state index contributed by atoms with van der Waals surface area (Å²) < 4.78 is 4.79. The first kappa shape index (κ1) is 12.7. The fourth-order valence-corrected chi connectivity index (χ4v) is 1.59. The molecule has 16 heavy (non-hydrogen) atoms. The Kier molecular flexibility index (Phi) is 4.99. The highest BCUT2D eigenvalue weighted by Gasteiger charge is 2.11. The molecule has 0 unspecified atom stereocenters. The van der Waals surface area contributed by atoms with Crippen molar-refractivity contribution in [2.24, 2.45) is 0 Å². The van der Waals surface area contributed by atoms with E-state index in [4.69, 9.17) is 4.74 Å². The molecule has 0 heterocycles. The second-order valence-electron chi connectivity index (χ2n) is 3.87. The second kappa shape index (κ2) is 6.28. The van der Waals surface area contributed by atoms with E-state index in [2.05, 4.69) is 36.5 Å². The standard InChI is InChI=1S/C13H19NO2/c1-4-12(14-13(15)9-16-3)11-7-5-10(2)6-8-11/h5-8,12H,4,9H2,1-3H3,(H,14,15)/t12-/m1/s1. The highest BCUT2D eigenvalue weighted by molar-refractivity contribution is 5.77. The second-order valence-corrected chi connectivity index (χ2v) is 3.87. The quantitative estimate of drug-likeness (QED) is 0.827. The molecule has 0 saturated carbocycles. The van der Waals surface area contributed by atoms with Gasteiger partial charge in [-0.2, -0.15) is 0 Å². The summed E-state index contributed by atoms with van der Waals surface area (Å²) >= 11 is 0. The topological polar surface area (TPSA) is 38.3 Å². The van der Waals surface area contributed by atoms with Gasteiger partial charge < -0.3 is 10.1 Å². The molecule has 1 rings (SSSR count). The van der Waals surface area contributed by atoms with E-state index in [1.807, 2.05) is 6.92 Å². The van der Waals surface area contributed by atoms with Crippen LogP contribution < -0.4 is 5.32 Å². The molecular weight excluding hydrogens is 202 g/mol. The predicted octanol–water partition coefficient (Wildman–Crippen LogP) is 2.21. The van der Waals surface area contributed by atoms with E-state index in [0.29, 0.717) is 0 Å². The van der Waals surface area contributed by atoms with E-state index in [1.165, 1.54) is 12.7 Å². The van der Waals surface area contributed by atoms with Crippen molar-refractivity contribution >= 4 is 5.91 Å². The van der Waals surface area contributed by atoms with Crippen molar-refractivity contribution in [2.75, 3.05) is 13.7 Å². The van der Waals surface area contributed by atoms with Gasteiger partial charge in [-0.05, 0) is 18.9 Å². The highest BCUT2D eigenvalue weighted by atomic mass is 16.5. The molecule has 1 atom stereocenters. The zero-order valence-corrected chi connectivity index (χ0v) is 10.1. The maximum atomic E-state index is 11.4. The average molecular weight is 221 g/mol. The minimum Gasteiger partial charge on any atom is -0.375 e. The molecule has 3 nitrogen and oxygen atoms in total. The lowest BCUT2D eigenvalue weighted by molar-refractivity contribution is -0.125. The molecular formula is C13H19NO2. The molecule has 1 aromatic carbocycles. The molecule has 0 aliphatic heterocycles. The first-order chi connectivity index (χ1) is 7.67. The number of amides is 1. The normalized spacial score (nSPS) is 12.2. The number of rotatable bonds is 5. The minimum absolute atomic E-state index is 0.0725. The molecule has 0 aliphatic carbocycles. The molecule has 0 fully saturated rings. The van der Waals surface area contributed by atoms with Gasteiger partial charge in [0.15, 0.2) is 0 Å². The Balaban J connectivity index is 2.67. The van der Waals surface area contributed by atoms with Crippen molar-refractivity contribution in [3.63, 3.8) is 0 Å². The molecule has 0 radical (unpaired) electrons. The number of ether oxygens (including phenoxy) is 1. The van der Waals surface area contributed by atoms with E-state index in [9.17, 15) is 4.79 Å². The van der Waals surface area contributed by atoms with Gasteiger partial charge in [0.25, 0.3) is 0 Å². The summed E-state index contributed by atoms with van der Waals surface area (Å²) in [5.41, 5.74) is 2.36. The van der Waals surface area contributed by atoms with Gasteiger partial charge in [-0.25, -0.2) is 0 Å². The van der Waals surface area contributed by atoms with E-state index < -0.39 is 0 Å². The Morgan fingerprint density at radius 2 is 2.00 bits per heavy atom. The van der Waals surface area contributed by atoms with Crippen LogP contribution in [0.2, 0.25) is 0 Å². The van der Waals surface area contributed by atoms with Crippen LogP contribution in [0.4, 0.5) is 0 Å². The predicted molar refractivity (Wildman–Crippen MR) is 64.2 cm³/mol. The van der Waals surface area contributed by atoms with Crippen LogP contribution in [0.25, 0.3) is 0 Å². The smallest absolute Gasteiger partial charge is 0.246 e. The Morgan fingerprint density at radius 1 is 1.38 bits per heavy atom. The first-order valence-corrected chi connectivity index (χ1v) is 5.52. The van der Waals surface area contributed by atoms with E-state index in [1.54, 1.807) is 0 Å². The minimum atomic E-state index is -0.0741.